The topological polar surface area (TPSA) is 169 Å². The summed E-state index contributed by atoms with van der Waals surface area (Å²) in [6, 6.07) is 0. The quantitative estimate of drug-likeness (QED) is 0.211. The number of aliphatic hydroxyl groups excluding tert-OH is 7. The van der Waals surface area contributed by atoms with Gasteiger partial charge in [-0.1, -0.05) is 34.6 Å². The van der Waals surface area contributed by atoms with E-state index < -0.39 is 54.9 Å². The molecular weight excluding hydrogens is 592 g/mol. The van der Waals surface area contributed by atoms with Crippen molar-refractivity contribution >= 4 is 0 Å². The molecule has 0 aromatic heterocycles. The average Bonchev–Trinajstić information content (AvgIpc) is 3.05. The largest absolute Gasteiger partial charge is 0.396 e. The Balaban J connectivity index is 1.21. The van der Waals surface area contributed by atoms with Crippen molar-refractivity contribution in [3.05, 3.63) is 0 Å². The molecule has 46 heavy (non-hydrogen) atoms. The SMILES string of the molecule is C[C@@H](CO)[C@@H]1CC[C@@]2(CC[C@]3(C)C(CCC4[C@@]5(C)CC[C@H](O[C@@H]6O[C@H](CO)[C@@H](O)[C@H](O)[C@H]6O)[C@@](C)(CO)C5CC[C@]43C)[C@H]2O)CO1. The molecule has 7 N–H and O–H groups in total. The van der Waals surface area contributed by atoms with E-state index in [0.29, 0.717) is 18.9 Å². The summed E-state index contributed by atoms with van der Waals surface area (Å²) >= 11 is 0. The summed E-state index contributed by atoms with van der Waals surface area (Å²) in [6.07, 6.45) is 1.82. The molecule has 0 aromatic rings. The van der Waals surface area contributed by atoms with E-state index in [1.807, 2.05) is 6.92 Å². The molecule has 266 valence electrons. The molecule has 17 atom stereocenters. The zero-order valence-electron chi connectivity index (χ0n) is 28.7. The van der Waals surface area contributed by atoms with Gasteiger partial charge in [0.2, 0.25) is 0 Å². The van der Waals surface area contributed by atoms with Crippen molar-refractivity contribution in [2.45, 2.75) is 148 Å². The first kappa shape index (κ1) is 35.4. The van der Waals surface area contributed by atoms with E-state index in [1.54, 1.807) is 0 Å². The molecule has 4 saturated carbocycles. The monoisotopic (exact) mass is 654 g/mol. The standard InChI is InChI=1S/C36H62O10/c1-20(16-37)22-8-13-36(19-44-22)15-14-34(4)21(30(36)43)6-7-25-32(2)11-10-26(33(3,18-39)24(32)9-12-35(25,34)5)46-31-29(42)28(41)27(40)23(17-38)45-31/h20-31,37-43H,6-19H2,1-5H3/t20-,21?,22-,23+,24?,25?,26-,27+,28-,29+,30+,31-,32-,33-,34+,35+,36+/m0/s1. The minimum Gasteiger partial charge on any atom is -0.396 e. The second-order valence-electron chi connectivity index (χ2n) is 17.5. The number of ether oxygens (including phenoxy) is 3. The molecule has 0 radical (unpaired) electrons. The molecule has 2 saturated heterocycles. The van der Waals surface area contributed by atoms with Gasteiger partial charge in [0.05, 0.1) is 38.1 Å². The van der Waals surface area contributed by atoms with Crippen LogP contribution in [0.5, 0.6) is 0 Å². The van der Waals surface area contributed by atoms with Gasteiger partial charge in [-0.2, -0.15) is 0 Å². The van der Waals surface area contributed by atoms with Crippen molar-refractivity contribution < 1.29 is 50.0 Å². The Morgan fingerprint density at radius 1 is 0.761 bits per heavy atom. The molecule has 1 spiro atoms. The van der Waals surface area contributed by atoms with Crippen molar-refractivity contribution in [3.63, 3.8) is 0 Å². The molecule has 6 rings (SSSR count). The van der Waals surface area contributed by atoms with Crippen LogP contribution in [0.3, 0.4) is 0 Å². The maximum Gasteiger partial charge on any atom is 0.186 e. The highest BCUT2D eigenvalue weighted by molar-refractivity contribution is 5.19. The third-order valence-corrected chi connectivity index (χ3v) is 15.8. The van der Waals surface area contributed by atoms with Crippen molar-refractivity contribution in [2.75, 3.05) is 26.4 Å². The highest BCUT2D eigenvalue weighted by atomic mass is 16.7. The Bertz CT molecular complexity index is 1080. The summed E-state index contributed by atoms with van der Waals surface area (Å²) in [6.45, 7) is 11.6. The van der Waals surface area contributed by atoms with Crippen LogP contribution in [0.2, 0.25) is 0 Å². The lowest BCUT2D eigenvalue weighted by Crippen LogP contribution is -2.69. The van der Waals surface area contributed by atoms with Crippen LogP contribution < -0.4 is 0 Å². The Morgan fingerprint density at radius 3 is 2.13 bits per heavy atom. The number of fused-ring (bicyclic) bond motifs is 5. The third kappa shape index (κ3) is 5.02. The van der Waals surface area contributed by atoms with E-state index in [4.69, 9.17) is 14.2 Å². The zero-order valence-corrected chi connectivity index (χ0v) is 28.7. The average molecular weight is 655 g/mol. The van der Waals surface area contributed by atoms with Crippen molar-refractivity contribution in [1.82, 2.24) is 0 Å². The van der Waals surface area contributed by atoms with Crippen molar-refractivity contribution in [1.29, 1.82) is 0 Å². The van der Waals surface area contributed by atoms with Gasteiger partial charge in [-0.15, -0.1) is 0 Å². The van der Waals surface area contributed by atoms with E-state index in [9.17, 15) is 35.7 Å². The molecule has 0 bridgehead atoms. The fourth-order valence-corrected chi connectivity index (χ4v) is 12.5. The summed E-state index contributed by atoms with van der Waals surface area (Å²) < 4.78 is 18.5. The lowest BCUT2D eigenvalue weighted by Gasteiger charge is -2.73. The number of aliphatic hydroxyl groups is 7. The van der Waals surface area contributed by atoms with Gasteiger partial charge in [0.25, 0.3) is 0 Å². The number of hydrogen-bond donors (Lipinski definition) is 7. The fraction of sp³-hybridized carbons (Fsp3) is 1.00. The van der Waals surface area contributed by atoms with Crippen molar-refractivity contribution in [3.8, 4) is 0 Å². The predicted molar refractivity (Wildman–Crippen MR) is 169 cm³/mol. The normalized spacial score (nSPS) is 56.5. The molecule has 2 heterocycles. The second kappa shape index (κ2) is 12.4. The van der Waals surface area contributed by atoms with Gasteiger partial charge in [-0.25, -0.2) is 0 Å². The van der Waals surface area contributed by atoms with Crippen molar-refractivity contribution in [2.24, 2.45) is 50.7 Å². The van der Waals surface area contributed by atoms with Gasteiger partial charge in [0, 0.05) is 23.4 Å². The summed E-state index contributed by atoms with van der Waals surface area (Å²) in [7, 11) is 0. The molecule has 10 heteroatoms. The molecular formula is C36H62O10. The van der Waals surface area contributed by atoms with Gasteiger partial charge < -0.3 is 50.0 Å². The van der Waals surface area contributed by atoms with Gasteiger partial charge in [-0.3, -0.25) is 0 Å². The van der Waals surface area contributed by atoms with Crippen LogP contribution in [0.1, 0.15) is 98.8 Å². The molecule has 2 aliphatic heterocycles. The Kier molecular flexibility index (Phi) is 9.57. The van der Waals surface area contributed by atoms with Gasteiger partial charge in [0.1, 0.15) is 24.4 Å². The van der Waals surface area contributed by atoms with Crippen LogP contribution in [-0.4, -0.2) is 111 Å². The minimum absolute atomic E-state index is 0.0224. The smallest absolute Gasteiger partial charge is 0.186 e. The first-order valence-electron chi connectivity index (χ1n) is 18.1. The van der Waals surface area contributed by atoms with Crippen LogP contribution in [-0.2, 0) is 14.2 Å². The van der Waals surface area contributed by atoms with E-state index in [2.05, 4.69) is 27.7 Å². The maximum absolute atomic E-state index is 12.2. The Morgan fingerprint density at radius 2 is 1.50 bits per heavy atom. The van der Waals surface area contributed by atoms with E-state index >= 15 is 0 Å². The molecule has 6 aliphatic rings. The molecule has 6 fully saturated rings. The van der Waals surface area contributed by atoms with E-state index in [-0.39, 0.29) is 58.7 Å². The van der Waals surface area contributed by atoms with Crippen LogP contribution in [0, 0.1) is 50.7 Å². The summed E-state index contributed by atoms with van der Waals surface area (Å²) in [4.78, 5) is 0. The highest BCUT2D eigenvalue weighted by Gasteiger charge is 2.70. The fourth-order valence-electron chi connectivity index (χ4n) is 12.5. The minimum atomic E-state index is -1.51. The first-order chi connectivity index (χ1) is 21.7. The van der Waals surface area contributed by atoms with Gasteiger partial charge in [0.15, 0.2) is 6.29 Å². The van der Waals surface area contributed by atoms with Gasteiger partial charge >= 0.3 is 0 Å². The van der Waals surface area contributed by atoms with Crippen LogP contribution in [0.25, 0.3) is 0 Å². The van der Waals surface area contributed by atoms with Gasteiger partial charge in [-0.05, 0) is 98.2 Å². The lowest BCUT2D eigenvalue weighted by molar-refractivity contribution is -0.336. The molecule has 10 nitrogen and oxygen atoms in total. The summed E-state index contributed by atoms with van der Waals surface area (Å²) in [5.41, 5.74) is -0.898. The van der Waals surface area contributed by atoms with Crippen LogP contribution in [0.4, 0.5) is 0 Å². The Labute approximate surface area is 274 Å². The first-order valence-corrected chi connectivity index (χ1v) is 18.1. The van der Waals surface area contributed by atoms with E-state index in [0.717, 1.165) is 57.8 Å². The van der Waals surface area contributed by atoms with Crippen LogP contribution >= 0.6 is 0 Å². The highest BCUT2D eigenvalue weighted by Crippen LogP contribution is 2.75. The number of rotatable bonds is 6. The maximum atomic E-state index is 12.2. The molecule has 0 aromatic carbocycles. The van der Waals surface area contributed by atoms with E-state index in [1.165, 1.54) is 0 Å². The molecule has 0 amide bonds. The van der Waals surface area contributed by atoms with Crippen LogP contribution in [0.15, 0.2) is 0 Å². The number of hydrogen-bond acceptors (Lipinski definition) is 10. The summed E-state index contributed by atoms with van der Waals surface area (Å²) in [5, 5.41) is 73.9. The zero-order chi connectivity index (χ0) is 33.4. The summed E-state index contributed by atoms with van der Waals surface area (Å²) in [5.74, 6) is 0.880. The third-order valence-electron chi connectivity index (χ3n) is 15.8. The molecule has 3 unspecified atom stereocenters. The Hall–Kier alpha value is -0.400. The second-order valence-corrected chi connectivity index (χ2v) is 17.5. The lowest BCUT2D eigenvalue weighted by atomic mass is 9.33. The molecule has 4 aliphatic carbocycles. The predicted octanol–water partition coefficient (Wildman–Crippen LogP) is 2.37.